The van der Waals surface area contributed by atoms with Crippen LogP contribution in [0.5, 0.6) is 0 Å². The minimum atomic E-state index is -3.60. The summed E-state index contributed by atoms with van der Waals surface area (Å²) in [5.74, 6) is 0. The van der Waals surface area contributed by atoms with Crippen LogP contribution in [0.4, 0.5) is 0 Å². The SMILES string of the molecule is NC(=S)c1ccc(S(=O)(=O)NCc2ccccc2)cn1. The minimum Gasteiger partial charge on any atom is -0.388 e. The fourth-order valence-corrected chi connectivity index (χ4v) is 2.63. The molecule has 1 aromatic carbocycles. The molecule has 0 atom stereocenters. The van der Waals surface area contributed by atoms with Crippen LogP contribution >= 0.6 is 12.2 Å². The van der Waals surface area contributed by atoms with Crippen LogP contribution in [0.2, 0.25) is 0 Å². The van der Waals surface area contributed by atoms with Gasteiger partial charge in [0.05, 0.1) is 5.69 Å². The number of aromatic nitrogens is 1. The lowest BCUT2D eigenvalue weighted by Crippen LogP contribution is -2.23. The molecular weight excluding hydrogens is 294 g/mol. The highest BCUT2D eigenvalue weighted by atomic mass is 32.2. The molecule has 0 spiro atoms. The van der Waals surface area contributed by atoms with Crippen molar-refractivity contribution in [1.29, 1.82) is 0 Å². The first kappa shape index (κ1) is 14.6. The Bertz CT molecular complexity index is 698. The van der Waals surface area contributed by atoms with Crippen molar-refractivity contribution < 1.29 is 8.42 Å². The van der Waals surface area contributed by atoms with Crippen molar-refractivity contribution in [3.63, 3.8) is 0 Å². The number of nitrogens with two attached hydrogens (primary N) is 1. The Morgan fingerprint density at radius 2 is 1.90 bits per heavy atom. The van der Waals surface area contributed by atoms with Crippen LogP contribution in [0.1, 0.15) is 11.3 Å². The molecule has 3 N–H and O–H groups in total. The van der Waals surface area contributed by atoms with Crippen LogP contribution < -0.4 is 10.5 Å². The van der Waals surface area contributed by atoms with Crippen molar-refractivity contribution in [1.82, 2.24) is 9.71 Å². The molecule has 0 fully saturated rings. The van der Waals surface area contributed by atoms with E-state index in [9.17, 15) is 8.42 Å². The lowest BCUT2D eigenvalue weighted by atomic mass is 10.2. The predicted molar refractivity (Wildman–Crippen MR) is 80.6 cm³/mol. The highest BCUT2D eigenvalue weighted by molar-refractivity contribution is 7.89. The largest absolute Gasteiger partial charge is 0.388 e. The predicted octanol–water partition coefficient (Wildman–Crippen LogP) is 1.19. The first-order chi connectivity index (χ1) is 9.49. The van der Waals surface area contributed by atoms with Crippen molar-refractivity contribution in [3.05, 3.63) is 59.9 Å². The number of sulfonamides is 1. The number of nitrogens with zero attached hydrogens (tertiary/aromatic N) is 1. The number of benzene rings is 1. The zero-order chi connectivity index (χ0) is 14.6. The molecule has 0 amide bonds. The van der Waals surface area contributed by atoms with Gasteiger partial charge in [-0.15, -0.1) is 0 Å². The van der Waals surface area contributed by atoms with Gasteiger partial charge in [0, 0.05) is 12.7 Å². The average molecular weight is 307 g/mol. The van der Waals surface area contributed by atoms with Crippen LogP contribution in [0, 0.1) is 0 Å². The fourth-order valence-electron chi connectivity index (χ4n) is 1.54. The van der Waals surface area contributed by atoms with E-state index in [1.54, 1.807) is 0 Å². The Balaban J connectivity index is 2.12. The van der Waals surface area contributed by atoms with Crippen molar-refractivity contribution in [2.24, 2.45) is 5.73 Å². The summed E-state index contributed by atoms with van der Waals surface area (Å²) in [7, 11) is -3.60. The molecule has 0 saturated heterocycles. The maximum Gasteiger partial charge on any atom is 0.242 e. The van der Waals surface area contributed by atoms with E-state index in [4.69, 9.17) is 18.0 Å². The number of thiocarbonyl (C=S) groups is 1. The van der Waals surface area contributed by atoms with Gasteiger partial charge in [0.1, 0.15) is 9.88 Å². The van der Waals surface area contributed by atoms with E-state index in [1.807, 2.05) is 30.3 Å². The van der Waals surface area contributed by atoms with E-state index < -0.39 is 10.0 Å². The van der Waals surface area contributed by atoms with Crippen molar-refractivity contribution >= 4 is 27.2 Å². The van der Waals surface area contributed by atoms with Crippen LogP contribution in [-0.2, 0) is 16.6 Å². The second-order valence-electron chi connectivity index (χ2n) is 4.05. The fraction of sp³-hybridized carbons (Fsp3) is 0.0769. The molecule has 2 aromatic rings. The maximum absolute atomic E-state index is 12.1. The Morgan fingerprint density at radius 3 is 2.45 bits per heavy atom. The Kier molecular flexibility index (Phi) is 4.43. The number of hydrogen-bond donors (Lipinski definition) is 2. The quantitative estimate of drug-likeness (QED) is 0.811. The molecular formula is C13H13N3O2S2. The smallest absolute Gasteiger partial charge is 0.242 e. The first-order valence-electron chi connectivity index (χ1n) is 5.78. The molecule has 20 heavy (non-hydrogen) atoms. The highest BCUT2D eigenvalue weighted by Gasteiger charge is 2.14. The van der Waals surface area contributed by atoms with Crippen molar-refractivity contribution in [2.45, 2.75) is 11.4 Å². The van der Waals surface area contributed by atoms with Gasteiger partial charge in [-0.3, -0.25) is 4.98 Å². The number of nitrogens with one attached hydrogen (secondary N) is 1. The lowest BCUT2D eigenvalue weighted by Gasteiger charge is -2.07. The van der Waals surface area contributed by atoms with Gasteiger partial charge in [0.2, 0.25) is 10.0 Å². The standard InChI is InChI=1S/C13H13N3O2S2/c14-13(19)12-7-6-11(9-15-12)20(17,18)16-8-10-4-2-1-3-5-10/h1-7,9,16H,8H2,(H2,14,19). The molecule has 2 rings (SSSR count). The van der Waals surface area contributed by atoms with Crippen LogP contribution in [0.15, 0.2) is 53.6 Å². The van der Waals surface area contributed by atoms with Gasteiger partial charge in [0.25, 0.3) is 0 Å². The summed E-state index contributed by atoms with van der Waals surface area (Å²) >= 11 is 4.76. The Morgan fingerprint density at radius 1 is 1.20 bits per heavy atom. The zero-order valence-electron chi connectivity index (χ0n) is 10.5. The van der Waals surface area contributed by atoms with E-state index >= 15 is 0 Å². The van der Waals surface area contributed by atoms with E-state index in [0.29, 0.717) is 5.69 Å². The molecule has 0 radical (unpaired) electrons. The van der Waals surface area contributed by atoms with E-state index in [1.165, 1.54) is 18.3 Å². The summed E-state index contributed by atoms with van der Waals surface area (Å²) in [6, 6.07) is 12.2. The van der Waals surface area contributed by atoms with Crippen LogP contribution in [0.25, 0.3) is 0 Å². The Hall–Kier alpha value is -1.83. The van der Waals surface area contributed by atoms with Gasteiger partial charge in [-0.1, -0.05) is 42.5 Å². The van der Waals surface area contributed by atoms with Gasteiger partial charge in [-0.2, -0.15) is 0 Å². The first-order valence-corrected chi connectivity index (χ1v) is 7.67. The third-order valence-electron chi connectivity index (χ3n) is 2.61. The summed E-state index contributed by atoms with van der Waals surface area (Å²) < 4.78 is 26.7. The second-order valence-corrected chi connectivity index (χ2v) is 6.26. The van der Waals surface area contributed by atoms with Gasteiger partial charge in [-0.25, -0.2) is 13.1 Å². The van der Waals surface area contributed by atoms with Gasteiger partial charge < -0.3 is 5.73 Å². The Labute approximate surface area is 122 Å². The van der Waals surface area contributed by atoms with E-state index in [0.717, 1.165) is 5.56 Å². The van der Waals surface area contributed by atoms with E-state index in [-0.39, 0.29) is 16.4 Å². The van der Waals surface area contributed by atoms with Crippen molar-refractivity contribution in [2.75, 3.05) is 0 Å². The summed E-state index contributed by atoms with van der Waals surface area (Å²) in [5, 5.41) is 0. The zero-order valence-corrected chi connectivity index (χ0v) is 12.1. The molecule has 1 aromatic heterocycles. The normalized spacial score (nSPS) is 11.2. The summed E-state index contributed by atoms with van der Waals surface area (Å²) in [6.45, 7) is 0.222. The van der Waals surface area contributed by atoms with Gasteiger partial charge >= 0.3 is 0 Å². The maximum atomic E-state index is 12.1. The summed E-state index contributed by atoms with van der Waals surface area (Å²) in [6.07, 6.45) is 1.24. The molecule has 1 heterocycles. The average Bonchev–Trinajstić information content (AvgIpc) is 2.46. The highest BCUT2D eigenvalue weighted by Crippen LogP contribution is 2.09. The van der Waals surface area contributed by atoms with Crippen LogP contribution in [-0.4, -0.2) is 18.4 Å². The number of hydrogen-bond acceptors (Lipinski definition) is 4. The number of pyridine rings is 1. The van der Waals surface area contributed by atoms with Gasteiger partial charge in [-0.05, 0) is 17.7 Å². The minimum absolute atomic E-state index is 0.0773. The lowest BCUT2D eigenvalue weighted by molar-refractivity contribution is 0.581. The molecule has 0 aliphatic rings. The van der Waals surface area contributed by atoms with Crippen molar-refractivity contribution in [3.8, 4) is 0 Å². The topological polar surface area (TPSA) is 85.1 Å². The third-order valence-corrected chi connectivity index (χ3v) is 4.20. The van der Waals surface area contributed by atoms with Gasteiger partial charge in [0.15, 0.2) is 0 Å². The molecule has 0 unspecified atom stereocenters. The third kappa shape index (κ3) is 3.60. The van der Waals surface area contributed by atoms with E-state index in [2.05, 4.69) is 9.71 Å². The van der Waals surface area contributed by atoms with Crippen LogP contribution in [0.3, 0.4) is 0 Å². The molecule has 0 saturated carbocycles. The molecule has 0 aliphatic heterocycles. The molecule has 0 bridgehead atoms. The molecule has 5 nitrogen and oxygen atoms in total. The summed E-state index contributed by atoms with van der Waals surface area (Å²) in [4.78, 5) is 4.12. The second kappa shape index (κ2) is 6.08. The molecule has 104 valence electrons. The number of rotatable bonds is 5. The molecule has 0 aliphatic carbocycles. The monoisotopic (exact) mass is 307 g/mol. The molecule has 7 heteroatoms. The summed E-state index contributed by atoms with van der Waals surface area (Å²) in [5.41, 5.74) is 6.68.